The Hall–Kier alpha value is -2.10. The fourth-order valence-electron chi connectivity index (χ4n) is 1.71. The van der Waals surface area contributed by atoms with Gasteiger partial charge in [-0.05, 0) is 43.6 Å². The van der Waals surface area contributed by atoms with Crippen molar-refractivity contribution in [2.24, 2.45) is 0 Å². The van der Waals surface area contributed by atoms with Crippen LogP contribution in [0, 0.1) is 18.3 Å². The molecular formula is C14H12ClN3O2S. The molecule has 0 bridgehead atoms. The Balaban J connectivity index is 2.33. The van der Waals surface area contributed by atoms with Gasteiger partial charge < -0.3 is 10.1 Å². The summed E-state index contributed by atoms with van der Waals surface area (Å²) >= 11 is 7.27. The van der Waals surface area contributed by atoms with Gasteiger partial charge in [-0.25, -0.2) is 4.79 Å². The number of rotatable bonds is 4. The van der Waals surface area contributed by atoms with E-state index in [9.17, 15) is 4.79 Å². The average molecular weight is 322 g/mol. The first-order chi connectivity index (χ1) is 10.1. The maximum Gasteiger partial charge on any atom is 0.343 e. The van der Waals surface area contributed by atoms with Crippen molar-refractivity contribution in [2.45, 2.75) is 13.8 Å². The molecule has 0 amide bonds. The molecule has 1 aromatic carbocycles. The number of hydrogen-bond acceptors (Lipinski definition) is 6. The van der Waals surface area contributed by atoms with Crippen LogP contribution in [0.4, 0.5) is 10.7 Å². The number of halogens is 1. The van der Waals surface area contributed by atoms with Crippen LogP contribution < -0.4 is 5.32 Å². The van der Waals surface area contributed by atoms with Crippen LogP contribution in [0.25, 0.3) is 0 Å². The zero-order chi connectivity index (χ0) is 15.4. The van der Waals surface area contributed by atoms with Crippen molar-refractivity contribution in [3.63, 3.8) is 0 Å². The van der Waals surface area contributed by atoms with Crippen molar-refractivity contribution < 1.29 is 9.53 Å². The normalized spacial score (nSPS) is 10.0. The van der Waals surface area contributed by atoms with Crippen LogP contribution in [-0.2, 0) is 4.74 Å². The number of benzene rings is 1. The number of carbonyl (C=O) groups excluding carboxylic acids is 1. The predicted molar refractivity (Wildman–Crippen MR) is 82.3 cm³/mol. The van der Waals surface area contributed by atoms with Gasteiger partial charge in [-0.3, -0.25) is 0 Å². The number of aryl methyl sites for hydroxylation is 1. The Morgan fingerprint density at radius 1 is 1.57 bits per heavy atom. The molecule has 21 heavy (non-hydrogen) atoms. The zero-order valence-electron chi connectivity index (χ0n) is 11.4. The topological polar surface area (TPSA) is 75.0 Å². The SMILES string of the molecule is CCOC(=O)c1c(C)nsc1Nc1ccc(C#N)cc1Cl. The highest BCUT2D eigenvalue weighted by atomic mass is 35.5. The van der Waals surface area contributed by atoms with Crippen molar-refractivity contribution >= 4 is 39.8 Å². The lowest BCUT2D eigenvalue weighted by Gasteiger charge is -2.08. The van der Waals surface area contributed by atoms with Gasteiger partial charge in [0.15, 0.2) is 0 Å². The Kier molecular flexibility index (Phi) is 4.78. The minimum absolute atomic E-state index is 0.297. The first-order valence-electron chi connectivity index (χ1n) is 6.16. The predicted octanol–water partition coefficient (Wildman–Crippen LogP) is 3.90. The molecule has 0 spiro atoms. The number of nitrogens with zero attached hydrogens (tertiary/aromatic N) is 2. The molecule has 0 aliphatic heterocycles. The molecule has 0 saturated heterocycles. The Morgan fingerprint density at radius 2 is 2.33 bits per heavy atom. The van der Waals surface area contributed by atoms with E-state index in [1.165, 1.54) is 0 Å². The molecular weight excluding hydrogens is 310 g/mol. The summed E-state index contributed by atoms with van der Waals surface area (Å²) in [7, 11) is 0. The van der Waals surface area contributed by atoms with Crippen molar-refractivity contribution in [1.82, 2.24) is 4.37 Å². The highest BCUT2D eigenvalue weighted by Gasteiger charge is 2.20. The third kappa shape index (κ3) is 3.32. The smallest absolute Gasteiger partial charge is 0.343 e. The van der Waals surface area contributed by atoms with Crippen molar-refractivity contribution in [3.05, 3.63) is 40.0 Å². The second kappa shape index (κ2) is 6.57. The van der Waals surface area contributed by atoms with Crippen LogP contribution in [0.5, 0.6) is 0 Å². The molecule has 0 saturated carbocycles. The number of carbonyl (C=O) groups is 1. The van der Waals surface area contributed by atoms with Crippen LogP contribution in [0.1, 0.15) is 28.5 Å². The molecule has 0 unspecified atom stereocenters. The maximum absolute atomic E-state index is 12.0. The number of aromatic nitrogens is 1. The molecule has 0 atom stereocenters. The van der Waals surface area contributed by atoms with E-state index in [2.05, 4.69) is 9.69 Å². The zero-order valence-corrected chi connectivity index (χ0v) is 13.0. The molecule has 108 valence electrons. The van der Waals surface area contributed by atoms with E-state index in [1.807, 2.05) is 6.07 Å². The lowest BCUT2D eigenvalue weighted by Crippen LogP contribution is -2.07. The monoisotopic (exact) mass is 321 g/mol. The summed E-state index contributed by atoms with van der Waals surface area (Å²) < 4.78 is 9.19. The second-order valence-corrected chi connectivity index (χ2v) is 5.30. The highest BCUT2D eigenvalue weighted by molar-refractivity contribution is 7.10. The lowest BCUT2D eigenvalue weighted by molar-refractivity contribution is 0.0527. The molecule has 1 N–H and O–H groups in total. The number of esters is 1. The van der Waals surface area contributed by atoms with Crippen molar-refractivity contribution in [3.8, 4) is 6.07 Å². The van der Waals surface area contributed by atoms with Crippen LogP contribution >= 0.6 is 23.1 Å². The Bertz CT molecular complexity index is 721. The van der Waals surface area contributed by atoms with E-state index in [1.54, 1.807) is 32.0 Å². The van der Waals surface area contributed by atoms with Gasteiger partial charge in [-0.1, -0.05) is 11.6 Å². The van der Waals surface area contributed by atoms with Crippen LogP contribution in [-0.4, -0.2) is 16.9 Å². The van der Waals surface area contributed by atoms with E-state index in [-0.39, 0.29) is 0 Å². The van der Waals surface area contributed by atoms with Crippen LogP contribution in [0.15, 0.2) is 18.2 Å². The first-order valence-corrected chi connectivity index (χ1v) is 7.32. The van der Waals surface area contributed by atoms with E-state index >= 15 is 0 Å². The van der Waals surface area contributed by atoms with Gasteiger partial charge in [0.05, 0.1) is 34.6 Å². The maximum atomic E-state index is 12.0. The highest BCUT2D eigenvalue weighted by Crippen LogP contribution is 2.32. The molecule has 1 aromatic heterocycles. The molecule has 0 aliphatic rings. The van der Waals surface area contributed by atoms with Gasteiger partial charge in [0, 0.05) is 0 Å². The minimum atomic E-state index is -0.420. The molecule has 0 radical (unpaired) electrons. The first kappa shape index (κ1) is 15.3. The standard InChI is InChI=1S/C14H12ClN3O2S/c1-3-20-14(19)12-8(2)18-21-13(12)17-11-5-4-9(7-16)6-10(11)15/h4-6,17H,3H2,1-2H3. The number of hydrogen-bond donors (Lipinski definition) is 1. The number of nitrogens with one attached hydrogen (secondary N) is 1. The average Bonchev–Trinajstić information content (AvgIpc) is 2.82. The number of ether oxygens (including phenoxy) is 1. The van der Waals surface area contributed by atoms with Gasteiger partial charge in [0.2, 0.25) is 0 Å². The van der Waals surface area contributed by atoms with Crippen molar-refractivity contribution in [1.29, 1.82) is 5.26 Å². The fraction of sp³-hybridized carbons (Fsp3) is 0.214. The lowest BCUT2D eigenvalue weighted by atomic mass is 10.2. The summed E-state index contributed by atoms with van der Waals surface area (Å²) in [6, 6.07) is 6.90. The van der Waals surface area contributed by atoms with E-state index in [4.69, 9.17) is 21.6 Å². The molecule has 7 heteroatoms. The third-order valence-electron chi connectivity index (χ3n) is 2.69. The molecule has 2 rings (SSSR count). The summed E-state index contributed by atoms with van der Waals surface area (Å²) in [6.07, 6.45) is 0. The van der Waals surface area contributed by atoms with Gasteiger partial charge in [0.1, 0.15) is 10.6 Å². The summed E-state index contributed by atoms with van der Waals surface area (Å²) in [6.45, 7) is 3.79. The summed E-state index contributed by atoms with van der Waals surface area (Å²) in [5, 5.41) is 12.9. The molecule has 2 aromatic rings. The fourth-order valence-corrected chi connectivity index (χ4v) is 2.73. The number of nitriles is 1. The second-order valence-electron chi connectivity index (χ2n) is 4.12. The summed E-state index contributed by atoms with van der Waals surface area (Å²) in [5.41, 5.74) is 2.08. The summed E-state index contributed by atoms with van der Waals surface area (Å²) in [5.74, 6) is -0.420. The molecule has 0 aliphatic carbocycles. The third-order valence-corrected chi connectivity index (χ3v) is 3.86. The van der Waals surface area contributed by atoms with Gasteiger partial charge in [-0.2, -0.15) is 9.64 Å². The number of anilines is 2. The van der Waals surface area contributed by atoms with Gasteiger partial charge >= 0.3 is 5.97 Å². The van der Waals surface area contributed by atoms with Crippen LogP contribution in [0.3, 0.4) is 0 Å². The Labute approximate surface area is 131 Å². The minimum Gasteiger partial charge on any atom is -0.462 e. The van der Waals surface area contributed by atoms with E-state index in [0.717, 1.165) is 11.5 Å². The molecule has 1 heterocycles. The van der Waals surface area contributed by atoms with Crippen LogP contribution in [0.2, 0.25) is 5.02 Å². The summed E-state index contributed by atoms with van der Waals surface area (Å²) in [4.78, 5) is 12.0. The van der Waals surface area contributed by atoms with Crippen molar-refractivity contribution in [2.75, 3.05) is 11.9 Å². The van der Waals surface area contributed by atoms with Gasteiger partial charge in [-0.15, -0.1) is 0 Å². The largest absolute Gasteiger partial charge is 0.462 e. The van der Waals surface area contributed by atoms with Gasteiger partial charge in [0.25, 0.3) is 0 Å². The molecule has 0 fully saturated rings. The Morgan fingerprint density at radius 3 is 2.95 bits per heavy atom. The molecule has 5 nitrogen and oxygen atoms in total. The van der Waals surface area contributed by atoms with E-state index in [0.29, 0.717) is 39.1 Å². The quantitative estimate of drug-likeness (QED) is 0.864. The van der Waals surface area contributed by atoms with E-state index < -0.39 is 5.97 Å².